The fourth-order valence-electron chi connectivity index (χ4n) is 3.21. The zero-order valence-corrected chi connectivity index (χ0v) is 13.4. The van der Waals surface area contributed by atoms with Crippen LogP contribution in [0, 0.1) is 5.82 Å². The maximum atomic E-state index is 13.1. The normalized spacial score (nSPS) is 21.4. The summed E-state index contributed by atoms with van der Waals surface area (Å²) in [5, 5.41) is 3.83. The van der Waals surface area contributed by atoms with Gasteiger partial charge in [-0.2, -0.15) is 0 Å². The molecule has 1 heterocycles. The second-order valence-electron chi connectivity index (χ2n) is 6.15. The maximum Gasteiger partial charge on any atom is 0.123 e. The lowest BCUT2D eigenvalue weighted by molar-refractivity contribution is 0.188. The molecule has 2 unspecified atom stereocenters. The first-order chi connectivity index (χ1) is 10.2. The Hall–Kier alpha value is -0.930. The number of hydrogen-bond donors (Lipinski definition) is 1. The molecule has 2 atom stereocenters. The Morgan fingerprint density at radius 1 is 1.29 bits per heavy atom. The van der Waals surface area contributed by atoms with Gasteiger partial charge in [-0.3, -0.25) is 0 Å². The highest BCUT2D eigenvalue weighted by Gasteiger charge is 2.22. The van der Waals surface area contributed by atoms with Crippen LogP contribution in [0.3, 0.4) is 0 Å². The molecule has 1 aliphatic rings. The minimum Gasteiger partial charge on any atom is -0.306 e. The standard InChI is InChI=1S/C18H29FN2/c1-3-5-8-18(15-9-11-16(19)12-10-15)20-17-7-6-13-21(4-2)14-17/h9-12,17-18,20H,3-8,13-14H2,1-2H3. The summed E-state index contributed by atoms with van der Waals surface area (Å²) in [4.78, 5) is 2.52. The monoisotopic (exact) mass is 292 g/mol. The molecular formula is C18H29FN2. The average molecular weight is 292 g/mol. The van der Waals surface area contributed by atoms with E-state index in [0.717, 1.165) is 19.5 Å². The van der Waals surface area contributed by atoms with Crippen molar-refractivity contribution < 1.29 is 4.39 Å². The number of nitrogens with zero attached hydrogens (tertiary/aromatic N) is 1. The minimum atomic E-state index is -0.150. The van der Waals surface area contributed by atoms with E-state index in [1.165, 1.54) is 37.8 Å². The van der Waals surface area contributed by atoms with E-state index in [1.807, 2.05) is 12.1 Å². The Bertz CT molecular complexity index is 404. The van der Waals surface area contributed by atoms with Crippen molar-refractivity contribution in [2.45, 2.75) is 58.0 Å². The number of likely N-dealkylation sites (N-methyl/N-ethyl adjacent to an activating group) is 1. The molecule has 118 valence electrons. The molecule has 0 saturated carbocycles. The van der Waals surface area contributed by atoms with Crippen molar-refractivity contribution in [3.8, 4) is 0 Å². The molecule has 1 aromatic carbocycles. The molecule has 0 spiro atoms. The summed E-state index contributed by atoms with van der Waals surface area (Å²) in [5.41, 5.74) is 1.22. The van der Waals surface area contributed by atoms with Gasteiger partial charge in [0.15, 0.2) is 0 Å². The van der Waals surface area contributed by atoms with Crippen LogP contribution in [0.2, 0.25) is 0 Å². The van der Waals surface area contributed by atoms with E-state index in [0.29, 0.717) is 12.1 Å². The van der Waals surface area contributed by atoms with Gasteiger partial charge in [-0.25, -0.2) is 4.39 Å². The van der Waals surface area contributed by atoms with Gasteiger partial charge in [0, 0.05) is 18.6 Å². The van der Waals surface area contributed by atoms with Crippen molar-refractivity contribution in [2.75, 3.05) is 19.6 Å². The molecule has 0 amide bonds. The third kappa shape index (κ3) is 5.08. The van der Waals surface area contributed by atoms with Crippen LogP contribution in [0.25, 0.3) is 0 Å². The molecule has 2 nitrogen and oxygen atoms in total. The molecule has 1 aliphatic heterocycles. The van der Waals surface area contributed by atoms with Gasteiger partial charge in [0.05, 0.1) is 0 Å². The molecule has 0 aromatic heterocycles. The van der Waals surface area contributed by atoms with E-state index in [1.54, 1.807) is 12.1 Å². The van der Waals surface area contributed by atoms with Crippen LogP contribution in [0.1, 0.15) is 57.6 Å². The van der Waals surface area contributed by atoms with Crippen molar-refractivity contribution in [1.82, 2.24) is 10.2 Å². The fraction of sp³-hybridized carbons (Fsp3) is 0.667. The Balaban J connectivity index is 2.00. The quantitative estimate of drug-likeness (QED) is 0.813. The highest BCUT2D eigenvalue weighted by atomic mass is 19.1. The van der Waals surface area contributed by atoms with Gasteiger partial charge in [-0.15, -0.1) is 0 Å². The molecule has 1 aromatic rings. The topological polar surface area (TPSA) is 15.3 Å². The summed E-state index contributed by atoms with van der Waals surface area (Å²) in [6.45, 7) is 7.96. The lowest BCUT2D eigenvalue weighted by Crippen LogP contribution is -2.46. The number of hydrogen-bond acceptors (Lipinski definition) is 2. The molecule has 21 heavy (non-hydrogen) atoms. The highest BCUT2D eigenvalue weighted by Crippen LogP contribution is 2.22. The Morgan fingerprint density at radius 3 is 2.71 bits per heavy atom. The van der Waals surface area contributed by atoms with Gasteiger partial charge >= 0.3 is 0 Å². The molecular weight excluding hydrogens is 263 g/mol. The first-order valence-corrected chi connectivity index (χ1v) is 8.46. The predicted octanol–water partition coefficient (Wildman–Crippen LogP) is 4.13. The van der Waals surface area contributed by atoms with Crippen molar-refractivity contribution in [1.29, 1.82) is 0 Å². The van der Waals surface area contributed by atoms with Crippen LogP contribution in [-0.4, -0.2) is 30.6 Å². The van der Waals surface area contributed by atoms with Crippen LogP contribution in [0.15, 0.2) is 24.3 Å². The molecule has 2 rings (SSSR count). The Labute approximate surface area is 128 Å². The molecule has 1 saturated heterocycles. The number of nitrogens with one attached hydrogen (secondary N) is 1. The summed E-state index contributed by atoms with van der Waals surface area (Å²) in [6, 6.07) is 7.94. The van der Waals surface area contributed by atoms with Gasteiger partial charge in [-0.05, 0) is 50.0 Å². The minimum absolute atomic E-state index is 0.150. The number of benzene rings is 1. The zero-order chi connectivity index (χ0) is 15.1. The van der Waals surface area contributed by atoms with Crippen LogP contribution < -0.4 is 5.32 Å². The third-order valence-electron chi connectivity index (χ3n) is 4.51. The van der Waals surface area contributed by atoms with Gasteiger partial charge < -0.3 is 10.2 Å². The number of likely N-dealkylation sites (tertiary alicyclic amines) is 1. The van der Waals surface area contributed by atoms with E-state index in [9.17, 15) is 4.39 Å². The van der Waals surface area contributed by atoms with E-state index < -0.39 is 0 Å². The number of rotatable bonds is 7. The highest BCUT2D eigenvalue weighted by molar-refractivity contribution is 5.20. The van der Waals surface area contributed by atoms with Crippen LogP contribution in [0.5, 0.6) is 0 Å². The molecule has 0 bridgehead atoms. The summed E-state index contributed by atoms with van der Waals surface area (Å²) in [7, 11) is 0. The first kappa shape index (κ1) is 16.4. The van der Waals surface area contributed by atoms with Gasteiger partial charge in [0.1, 0.15) is 5.82 Å². The summed E-state index contributed by atoms with van der Waals surface area (Å²) < 4.78 is 13.1. The molecule has 0 aliphatic carbocycles. The van der Waals surface area contributed by atoms with Gasteiger partial charge in [0.2, 0.25) is 0 Å². The van der Waals surface area contributed by atoms with Gasteiger partial charge in [0.25, 0.3) is 0 Å². The second-order valence-corrected chi connectivity index (χ2v) is 6.15. The SMILES string of the molecule is CCCCC(NC1CCCN(CC)C1)c1ccc(F)cc1. The first-order valence-electron chi connectivity index (χ1n) is 8.46. The lowest BCUT2D eigenvalue weighted by Gasteiger charge is -2.35. The van der Waals surface area contributed by atoms with E-state index in [-0.39, 0.29) is 5.82 Å². The number of halogens is 1. The maximum absolute atomic E-state index is 13.1. The lowest BCUT2D eigenvalue weighted by atomic mass is 9.97. The van der Waals surface area contributed by atoms with E-state index in [2.05, 4.69) is 24.1 Å². The Morgan fingerprint density at radius 2 is 2.05 bits per heavy atom. The average Bonchev–Trinajstić information content (AvgIpc) is 2.52. The van der Waals surface area contributed by atoms with Crippen molar-refractivity contribution in [3.05, 3.63) is 35.6 Å². The molecule has 0 radical (unpaired) electrons. The summed E-state index contributed by atoms with van der Waals surface area (Å²) >= 11 is 0. The van der Waals surface area contributed by atoms with Crippen LogP contribution >= 0.6 is 0 Å². The predicted molar refractivity (Wildman–Crippen MR) is 86.9 cm³/mol. The zero-order valence-electron chi connectivity index (χ0n) is 13.4. The van der Waals surface area contributed by atoms with E-state index >= 15 is 0 Å². The Kier molecular flexibility index (Phi) is 6.65. The van der Waals surface area contributed by atoms with E-state index in [4.69, 9.17) is 0 Å². The summed E-state index contributed by atoms with van der Waals surface area (Å²) in [6.07, 6.45) is 6.06. The summed E-state index contributed by atoms with van der Waals surface area (Å²) in [5.74, 6) is -0.150. The third-order valence-corrected chi connectivity index (χ3v) is 4.51. The molecule has 1 N–H and O–H groups in total. The van der Waals surface area contributed by atoms with Crippen LogP contribution in [0.4, 0.5) is 4.39 Å². The fourth-order valence-corrected chi connectivity index (χ4v) is 3.21. The van der Waals surface area contributed by atoms with Crippen molar-refractivity contribution in [3.63, 3.8) is 0 Å². The van der Waals surface area contributed by atoms with Crippen molar-refractivity contribution in [2.24, 2.45) is 0 Å². The largest absolute Gasteiger partial charge is 0.306 e. The van der Waals surface area contributed by atoms with Crippen molar-refractivity contribution >= 4 is 0 Å². The number of piperidine rings is 1. The number of unbranched alkanes of at least 4 members (excludes halogenated alkanes) is 1. The molecule has 1 fully saturated rings. The smallest absolute Gasteiger partial charge is 0.123 e. The van der Waals surface area contributed by atoms with Gasteiger partial charge in [-0.1, -0.05) is 38.8 Å². The van der Waals surface area contributed by atoms with Crippen LogP contribution in [-0.2, 0) is 0 Å². The molecule has 3 heteroatoms. The second kappa shape index (κ2) is 8.50.